The lowest BCUT2D eigenvalue weighted by molar-refractivity contribution is -0.384. The van der Waals surface area contributed by atoms with E-state index >= 15 is 0 Å². The Bertz CT molecular complexity index is 2110. The van der Waals surface area contributed by atoms with Crippen LogP contribution in [-0.4, -0.2) is 41.1 Å². The standard InChI is InChI=1S/C35H33N5O6S/c1-21(2)20-30(34(41)37-38-47(45,46)25-18-16-24(17-19-25)40(43)44)39-33(26-8-4-5-9-27(26)35(39)42)31-28-10-6-7-11-29(28)36-32(31)23-14-12-22(3)13-15-23/h4-19,21,30,33,36,38H,20H2,1-3H3,(H,37,41). The molecule has 4 aromatic carbocycles. The van der Waals surface area contributed by atoms with Crippen LogP contribution in [0.4, 0.5) is 5.69 Å². The van der Waals surface area contributed by atoms with Crippen LogP contribution in [0.15, 0.2) is 102 Å². The number of non-ortho nitro benzene ring substituents is 1. The molecule has 11 nitrogen and oxygen atoms in total. The molecule has 0 spiro atoms. The third-order valence-electron chi connectivity index (χ3n) is 8.36. The summed E-state index contributed by atoms with van der Waals surface area (Å²) in [6, 6.07) is 25.7. The number of hydrogen-bond acceptors (Lipinski definition) is 6. The Kier molecular flexibility index (Phi) is 8.39. The van der Waals surface area contributed by atoms with E-state index in [1.54, 1.807) is 17.0 Å². The van der Waals surface area contributed by atoms with Crippen molar-refractivity contribution in [2.75, 3.05) is 0 Å². The highest BCUT2D eigenvalue weighted by atomic mass is 32.2. The maximum absolute atomic E-state index is 14.3. The number of benzene rings is 4. The third kappa shape index (κ3) is 6.00. The van der Waals surface area contributed by atoms with Crippen molar-refractivity contribution < 1.29 is 22.9 Å². The first-order valence-electron chi connectivity index (χ1n) is 15.1. The molecule has 1 aliphatic heterocycles. The van der Waals surface area contributed by atoms with Gasteiger partial charge in [-0.1, -0.05) is 80.1 Å². The Hall–Kier alpha value is -5.33. The van der Waals surface area contributed by atoms with Crippen LogP contribution >= 0.6 is 0 Å². The highest BCUT2D eigenvalue weighted by Gasteiger charge is 2.46. The molecule has 1 aliphatic rings. The van der Waals surface area contributed by atoms with Gasteiger partial charge in [-0.15, -0.1) is 4.83 Å². The van der Waals surface area contributed by atoms with E-state index < -0.39 is 32.9 Å². The van der Waals surface area contributed by atoms with Crippen molar-refractivity contribution in [1.82, 2.24) is 20.1 Å². The number of amides is 2. The number of carbonyl (C=O) groups excluding carboxylic acids is 2. The molecular formula is C35H33N5O6S. The van der Waals surface area contributed by atoms with Gasteiger partial charge in [-0.2, -0.15) is 0 Å². The van der Waals surface area contributed by atoms with Crippen molar-refractivity contribution in [3.63, 3.8) is 0 Å². The Morgan fingerprint density at radius 3 is 2.30 bits per heavy atom. The van der Waals surface area contributed by atoms with Crippen LogP contribution < -0.4 is 10.3 Å². The number of H-pyrrole nitrogens is 1. The molecule has 2 atom stereocenters. The summed E-state index contributed by atoms with van der Waals surface area (Å²) < 4.78 is 26.1. The number of nitrogens with one attached hydrogen (secondary N) is 3. The number of nitro benzene ring substituents is 1. The van der Waals surface area contributed by atoms with Crippen LogP contribution in [0.25, 0.3) is 22.2 Å². The number of fused-ring (bicyclic) bond motifs is 2. The van der Waals surface area contributed by atoms with Crippen LogP contribution in [-0.2, 0) is 14.8 Å². The van der Waals surface area contributed by atoms with Crippen molar-refractivity contribution in [1.29, 1.82) is 0 Å². The molecule has 0 saturated heterocycles. The summed E-state index contributed by atoms with van der Waals surface area (Å²) in [6.07, 6.45) is 0.240. The maximum Gasteiger partial charge on any atom is 0.269 e. The lowest BCUT2D eigenvalue weighted by atomic mass is 9.91. The molecule has 6 rings (SSSR count). The van der Waals surface area contributed by atoms with Gasteiger partial charge in [0.15, 0.2) is 0 Å². The minimum atomic E-state index is -4.30. The average Bonchev–Trinajstić information content (AvgIpc) is 3.57. The van der Waals surface area contributed by atoms with Gasteiger partial charge < -0.3 is 9.88 Å². The molecule has 2 unspecified atom stereocenters. The molecule has 240 valence electrons. The number of sulfonamides is 1. The second-order valence-electron chi connectivity index (χ2n) is 12.0. The molecule has 0 saturated carbocycles. The molecule has 0 bridgehead atoms. The average molecular weight is 652 g/mol. The van der Waals surface area contributed by atoms with Crippen molar-refractivity contribution in [2.24, 2.45) is 5.92 Å². The van der Waals surface area contributed by atoms with Crippen LogP contribution in [0, 0.1) is 23.0 Å². The fourth-order valence-electron chi connectivity index (χ4n) is 6.15. The number of aryl methyl sites for hydroxylation is 1. The van der Waals surface area contributed by atoms with Gasteiger partial charge in [-0.05, 0) is 54.7 Å². The normalized spacial score (nSPS) is 15.2. The molecular weight excluding hydrogens is 618 g/mol. The zero-order valence-corrected chi connectivity index (χ0v) is 26.7. The summed E-state index contributed by atoms with van der Waals surface area (Å²) in [5, 5.41) is 11.9. The second kappa shape index (κ2) is 12.5. The van der Waals surface area contributed by atoms with Gasteiger partial charge in [0.05, 0.1) is 21.6 Å². The summed E-state index contributed by atoms with van der Waals surface area (Å²) in [4.78, 5) is 45.7. The van der Waals surface area contributed by atoms with E-state index in [9.17, 15) is 28.1 Å². The Balaban J connectivity index is 1.43. The molecule has 47 heavy (non-hydrogen) atoms. The van der Waals surface area contributed by atoms with Gasteiger partial charge >= 0.3 is 0 Å². The van der Waals surface area contributed by atoms with Gasteiger partial charge in [-0.3, -0.25) is 25.1 Å². The number of nitrogens with zero attached hydrogens (tertiary/aromatic N) is 2. The minimum absolute atomic E-state index is 0.0475. The number of para-hydroxylation sites is 1. The smallest absolute Gasteiger partial charge is 0.269 e. The van der Waals surface area contributed by atoms with Crippen molar-refractivity contribution in [3.05, 3.63) is 129 Å². The lowest BCUT2D eigenvalue weighted by Gasteiger charge is -2.34. The van der Waals surface area contributed by atoms with Crippen molar-refractivity contribution in [3.8, 4) is 11.3 Å². The van der Waals surface area contributed by atoms with E-state index in [4.69, 9.17) is 0 Å². The predicted octanol–water partition coefficient (Wildman–Crippen LogP) is 6.02. The monoisotopic (exact) mass is 651 g/mol. The number of carbonyl (C=O) groups is 2. The first-order valence-corrected chi connectivity index (χ1v) is 16.6. The highest BCUT2D eigenvalue weighted by molar-refractivity contribution is 7.89. The van der Waals surface area contributed by atoms with Gasteiger partial charge in [-0.25, -0.2) is 8.42 Å². The van der Waals surface area contributed by atoms with Crippen LogP contribution in [0.5, 0.6) is 0 Å². The van der Waals surface area contributed by atoms with Crippen LogP contribution in [0.1, 0.15) is 53.4 Å². The summed E-state index contributed by atoms with van der Waals surface area (Å²) in [5.41, 5.74) is 7.79. The number of nitro groups is 1. The minimum Gasteiger partial charge on any atom is -0.354 e. The number of aromatic nitrogens is 1. The fraction of sp³-hybridized carbons (Fsp3) is 0.200. The highest BCUT2D eigenvalue weighted by Crippen LogP contribution is 2.47. The maximum atomic E-state index is 14.3. The Morgan fingerprint density at radius 2 is 1.62 bits per heavy atom. The molecule has 0 aliphatic carbocycles. The summed E-state index contributed by atoms with van der Waals surface area (Å²) in [7, 11) is -4.30. The molecule has 0 radical (unpaired) electrons. The zero-order valence-electron chi connectivity index (χ0n) is 25.9. The van der Waals surface area contributed by atoms with Gasteiger partial charge in [0.25, 0.3) is 27.5 Å². The van der Waals surface area contributed by atoms with Gasteiger partial charge in [0, 0.05) is 34.2 Å². The second-order valence-corrected chi connectivity index (χ2v) is 13.7. The SMILES string of the molecule is Cc1ccc(-c2[nH]c3ccccc3c2C2c3ccccc3C(=O)N2C(CC(C)C)C(=O)NNS(=O)(=O)c2ccc([N+](=O)[O-])cc2)cc1. The third-order valence-corrected chi connectivity index (χ3v) is 9.62. The number of rotatable bonds is 10. The van der Waals surface area contributed by atoms with E-state index in [0.29, 0.717) is 5.56 Å². The number of hydrogen-bond donors (Lipinski definition) is 3. The molecule has 0 fully saturated rings. The van der Waals surface area contributed by atoms with Crippen LogP contribution in [0.2, 0.25) is 0 Å². The number of hydrazine groups is 1. The molecule has 12 heteroatoms. The quantitative estimate of drug-likeness (QED) is 0.124. The molecule has 1 aromatic heterocycles. The van der Waals surface area contributed by atoms with Crippen LogP contribution in [0.3, 0.4) is 0 Å². The van der Waals surface area contributed by atoms with Gasteiger partial charge in [0.2, 0.25) is 0 Å². The summed E-state index contributed by atoms with van der Waals surface area (Å²) in [6.45, 7) is 5.86. The molecule has 3 N–H and O–H groups in total. The van der Waals surface area contributed by atoms with Crippen molar-refractivity contribution in [2.45, 2.75) is 44.2 Å². The fourth-order valence-corrected chi connectivity index (χ4v) is 7.00. The van der Waals surface area contributed by atoms with E-state index in [-0.39, 0.29) is 28.8 Å². The number of aromatic amines is 1. The Morgan fingerprint density at radius 1 is 0.957 bits per heavy atom. The Labute approximate surface area is 271 Å². The first kappa shape index (κ1) is 31.6. The molecule has 2 amide bonds. The molecule has 5 aromatic rings. The van der Waals surface area contributed by atoms with E-state index in [1.165, 1.54) is 0 Å². The van der Waals surface area contributed by atoms with E-state index in [1.807, 2.05) is 81.4 Å². The van der Waals surface area contributed by atoms with E-state index in [0.717, 1.165) is 63.1 Å². The largest absolute Gasteiger partial charge is 0.354 e. The molecule has 2 heterocycles. The summed E-state index contributed by atoms with van der Waals surface area (Å²) in [5.74, 6) is -1.11. The predicted molar refractivity (Wildman–Crippen MR) is 178 cm³/mol. The van der Waals surface area contributed by atoms with Crippen molar-refractivity contribution >= 4 is 38.4 Å². The first-order chi connectivity index (χ1) is 22.5. The lowest BCUT2D eigenvalue weighted by Crippen LogP contribution is -2.53. The topological polar surface area (TPSA) is 155 Å². The van der Waals surface area contributed by atoms with Gasteiger partial charge in [0.1, 0.15) is 6.04 Å². The summed E-state index contributed by atoms with van der Waals surface area (Å²) >= 11 is 0. The van der Waals surface area contributed by atoms with E-state index in [2.05, 4.69) is 15.2 Å². The zero-order chi connectivity index (χ0) is 33.5.